The van der Waals surface area contributed by atoms with E-state index in [2.05, 4.69) is 25.8 Å². The van der Waals surface area contributed by atoms with Gasteiger partial charge in [-0.15, -0.1) is 0 Å². The Morgan fingerprint density at radius 3 is 2.29 bits per heavy atom. The van der Waals surface area contributed by atoms with E-state index >= 15 is 0 Å². The van der Waals surface area contributed by atoms with E-state index in [0.717, 1.165) is 12.0 Å². The third-order valence-corrected chi connectivity index (χ3v) is 4.32. The lowest BCUT2D eigenvalue weighted by atomic mass is 9.75. The summed E-state index contributed by atoms with van der Waals surface area (Å²) < 4.78 is 0. The van der Waals surface area contributed by atoms with Crippen LogP contribution in [0.4, 0.5) is 0 Å². The summed E-state index contributed by atoms with van der Waals surface area (Å²) in [7, 11) is 2.33. The fourth-order valence-corrected chi connectivity index (χ4v) is 3.20. The molecular weight excluding hydrogens is 170 g/mol. The summed E-state index contributed by atoms with van der Waals surface area (Å²) in [5.74, 6) is 0.965. The Morgan fingerprint density at radius 2 is 1.79 bits per heavy atom. The second-order valence-corrected chi connectivity index (χ2v) is 6.07. The molecule has 0 radical (unpaired) electrons. The first-order valence-electron chi connectivity index (χ1n) is 6.31. The molecule has 0 aliphatic heterocycles. The lowest BCUT2D eigenvalue weighted by Gasteiger charge is -2.37. The first-order chi connectivity index (χ1) is 6.61. The minimum atomic E-state index is 0.634. The maximum atomic E-state index is 2.62. The quantitative estimate of drug-likeness (QED) is 0.668. The molecule has 1 nitrogen and oxygen atoms in total. The largest absolute Gasteiger partial charge is 0.303 e. The van der Waals surface area contributed by atoms with Crippen LogP contribution in [-0.4, -0.2) is 24.5 Å². The van der Waals surface area contributed by atoms with E-state index in [-0.39, 0.29) is 0 Å². The molecule has 0 amide bonds. The second-order valence-electron chi connectivity index (χ2n) is 6.07. The zero-order valence-corrected chi connectivity index (χ0v) is 10.1. The first-order valence-corrected chi connectivity index (χ1v) is 6.31. The fraction of sp³-hybridized carbons (Fsp3) is 1.00. The highest BCUT2D eigenvalue weighted by molar-refractivity contribution is 4.93. The monoisotopic (exact) mass is 195 g/mol. The molecule has 2 rings (SSSR count). The summed E-state index contributed by atoms with van der Waals surface area (Å²) in [6.07, 6.45) is 8.75. The van der Waals surface area contributed by atoms with Gasteiger partial charge in [-0.1, -0.05) is 33.1 Å². The van der Waals surface area contributed by atoms with Gasteiger partial charge >= 0.3 is 0 Å². The van der Waals surface area contributed by atoms with Crippen molar-refractivity contribution in [1.29, 1.82) is 0 Å². The predicted octanol–water partition coefficient (Wildman–Crippen LogP) is 3.30. The van der Waals surface area contributed by atoms with E-state index in [1.54, 1.807) is 0 Å². The SMILES string of the molecule is CC1CC1N(C)CC1(C)CCCCC1. The van der Waals surface area contributed by atoms with Gasteiger partial charge in [0.15, 0.2) is 0 Å². The van der Waals surface area contributed by atoms with Crippen LogP contribution in [-0.2, 0) is 0 Å². The van der Waals surface area contributed by atoms with Crippen LogP contribution >= 0.6 is 0 Å². The minimum Gasteiger partial charge on any atom is -0.303 e. The highest BCUT2D eigenvalue weighted by Crippen LogP contribution is 2.40. The summed E-state index contributed by atoms with van der Waals surface area (Å²) in [5, 5.41) is 0. The molecule has 0 bridgehead atoms. The van der Waals surface area contributed by atoms with Gasteiger partial charge in [0.25, 0.3) is 0 Å². The Hall–Kier alpha value is -0.0400. The van der Waals surface area contributed by atoms with Crippen LogP contribution in [0.15, 0.2) is 0 Å². The number of rotatable bonds is 3. The lowest BCUT2D eigenvalue weighted by Crippen LogP contribution is -2.36. The standard InChI is InChI=1S/C13H25N/c1-11-9-12(11)14(3)10-13(2)7-5-4-6-8-13/h11-12H,4-10H2,1-3H3. The smallest absolute Gasteiger partial charge is 0.0122 e. The van der Waals surface area contributed by atoms with Gasteiger partial charge in [0.2, 0.25) is 0 Å². The lowest BCUT2D eigenvalue weighted by molar-refractivity contribution is 0.132. The van der Waals surface area contributed by atoms with Crippen molar-refractivity contribution in [2.45, 2.75) is 58.4 Å². The summed E-state index contributed by atoms with van der Waals surface area (Å²) in [4.78, 5) is 2.62. The average molecular weight is 195 g/mol. The Balaban J connectivity index is 1.82. The van der Waals surface area contributed by atoms with Crippen LogP contribution in [0.5, 0.6) is 0 Å². The van der Waals surface area contributed by atoms with E-state index in [1.807, 2.05) is 0 Å². The molecule has 0 aromatic rings. The zero-order valence-electron chi connectivity index (χ0n) is 10.1. The molecule has 2 atom stereocenters. The van der Waals surface area contributed by atoms with Gasteiger partial charge in [0, 0.05) is 12.6 Å². The van der Waals surface area contributed by atoms with E-state index < -0.39 is 0 Å². The Kier molecular flexibility index (Phi) is 2.88. The van der Waals surface area contributed by atoms with Crippen LogP contribution in [0.2, 0.25) is 0 Å². The molecule has 2 unspecified atom stereocenters. The van der Waals surface area contributed by atoms with Gasteiger partial charge in [-0.3, -0.25) is 0 Å². The van der Waals surface area contributed by atoms with Gasteiger partial charge in [-0.05, 0) is 37.6 Å². The molecule has 0 aromatic carbocycles. The van der Waals surface area contributed by atoms with Crippen LogP contribution in [0.25, 0.3) is 0 Å². The van der Waals surface area contributed by atoms with Crippen LogP contribution < -0.4 is 0 Å². The maximum Gasteiger partial charge on any atom is 0.0122 e. The van der Waals surface area contributed by atoms with Crippen molar-refractivity contribution in [1.82, 2.24) is 4.90 Å². The molecule has 0 N–H and O–H groups in total. The Morgan fingerprint density at radius 1 is 1.21 bits per heavy atom. The van der Waals surface area contributed by atoms with Crippen molar-refractivity contribution in [3.05, 3.63) is 0 Å². The Labute approximate surface area is 88.9 Å². The molecule has 0 heterocycles. The molecule has 14 heavy (non-hydrogen) atoms. The third-order valence-electron chi connectivity index (χ3n) is 4.32. The third kappa shape index (κ3) is 2.31. The van der Waals surface area contributed by atoms with Crippen molar-refractivity contribution in [3.63, 3.8) is 0 Å². The molecule has 2 aliphatic rings. The fourth-order valence-electron chi connectivity index (χ4n) is 3.20. The molecule has 2 saturated carbocycles. The van der Waals surface area contributed by atoms with E-state index in [9.17, 15) is 0 Å². The molecule has 2 fully saturated rings. The predicted molar refractivity (Wildman–Crippen MR) is 61.4 cm³/mol. The summed E-state index contributed by atoms with van der Waals surface area (Å²) >= 11 is 0. The highest BCUT2D eigenvalue weighted by atomic mass is 15.2. The van der Waals surface area contributed by atoms with Crippen LogP contribution in [0, 0.1) is 11.3 Å². The van der Waals surface area contributed by atoms with Gasteiger partial charge in [0.1, 0.15) is 0 Å². The normalized spacial score (nSPS) is 36.0. The highest BCUT2D eigenvalue weighted by Gasteiger charge is 2.39. The van der Waals surface area contributed by atoms with Gasteiger partial charge in [-0.2, -0.15) is 0 Å². The van der Waals surface area contributed by atoms with Crippen LogP contribution in [0.3, 0.4) is 0 Å². The van der Waals surface area contributed by atoms with Crippen molar-refractivity contribution in [2.24, 2.45) is 11.3 Å². The molecule has 2 aliphatic carbocycles. The van der Waals surface area contributed by atoms with Crippen LogP contribution in [0.1, 0.15) is 52.4 Å². The molecule has 0 saturated heterocycles. The molecule has 82 valence electrons. The van der Waals surface area contributed by atoms with Crippen molar-refractivity contribution in [3.8, 4) is 0 Å². The van der Waals surface area contributed by atoms with Gasteiger partial charge < -0.3 is 4.90 Å². The van der Waals surface area contributed by atoms with Gasteiger partial charge in [0.05, 0.1) is 0 Å². The van der Waals surface area contributed by atoms with Crippen molar-refractivity contribution >= 4 is 0 Å². The zero-order chi connectivity index (χ0) is 10.2. The molecule has 0 aromatic heterocycles. The molecule has 0 spiro atoms. The summed E-state index contributed by atoms with van der Waals surface area (Å²) in [5.41, 5.74) is 0.634. The van der Waals surface area contributed by atoms with E-state index in [0.29, 0.717) is 5.41 Å². The number of nitrogens with zero attached hydrogens (tertiary/aromatic N) is 1. The van der Waals surface area contributed by atoms with E-state index in [4.69, 9.17) is 0 Å². The maximum absolute atomic E-state index is 2.62. The molecular formula is C13H25N. The minimum absolute atomic E-state index is 0.634. The van der Waals surface area contributed by atoms with Crippen molar-refractivity contribution < 1.29 is 0 Å². The van der Waals surface area contributed by atoms with E-state index in [1.165, 1.54) is 45.1 Å². The average Bonchev–Trinajstić information content (AvgIpc) is 2.83. The topological polar surface area (TPSA) is 3.24 Å². The molecule has 1 heteroatoms. The summed E-state index contributed by atoms with van der Waals surface area (Å²) in [6, 6.07) is 0.911. The Bertz CT molecular complexity index is 193. The first kappa shape index (κ1) is 10.5. The van der Waals surface area contributed by atoms with Gasteiger partial charge in [-0.25, -0.2) is 0 Å². The number of hydrogen-bond donors (Lipinski definition) is 0. The summed E-state index contributed by atoms with van der Waals surface area (Å²) in [6.45, 7) is 6.21. The number of hydrogen-bond acceptors (Lipinski definition) is 1. The van der Waals surface area contributed by atoms with Crippen molar-refractivity contribution in [2.75, 3.05) is 13.6 Å². The second kappa shape index (κ2) is 3.84.